The summed E-state index contributed by atoms with van der Waals surface area (Å²) in [4.78, 5) is 48.3. The van der Waals surface area contributed by atoms with Gasteiger partial charge < -0.3 is 29.1 Å². The highest BCUT2D eigenvalue weighted by Crippen LogP contribution is 2.30. The summed E-state index contributed by atoms with van der Waals surface area (Å²) in [6.45, 7) is 0.171. The van der Waals surface area contributed by atoms with E-state index in [4.69, 9.17) is 14.2 Å². The van der Waals surface area contributed by atoms with Crippen molar-refractivity contribution in [3.63, 3.8) is 0 Å². The van der Waals surface area contributed by atoms with Crippen LogP contribution in [0.15, 0.2) is 0 Å². The van der Waals surface area contributed by atoms with E-state index in [9.17, 15) is 24.5 Å². The van der Waals surface area contributed by atoms with Crippen molar-refractivity contribution in [1.82, 2.24) is 5.32 Å². The summed E-state index contributed by atoms with van der Waals surface area (Å²) in [5, 5.41) is 11.7. The Balaban J connectivity index is 1.72. The standard InChI is InChI=1S/C12H16N2O10/c1-6(15)20-5-9(16)13-2-10(17)23-7-3-21-12-8(24-14(18)19)4-22-11(7)12/h7-8,11-12H,2-5H2,1H3,(H,13,16)/t7-,8?,11+,12+/m0/s1. The second-order valence-corrected chi connectivity index (χ2v) is 5.05. The number of fused-ring (bicyclic) bond motifs is 1. The summed E-state index contributed by atoms with van der Waals surface area (Å²) in [5.74, 6) is -2.02. The predicted octanol–water partition coefficient (Wildman–Crippen LogP) is -2.05. The van der Waals surface area contributed by atoms with E-state index in [-0.39, 0.29) is 13.2 Å². The van der Waals surface area contributed by atoms with Crippen LogP contribution in [0.1, 0.15) is 6.92 Å². The van der Waals surface area contributed by atoms with Crippen LogP contribution in [0, 0.1) is 10.1 Å². The molecule has 24 heavy (non-hydrogen) atoms. The Hall–Kier alpha value is -2.47. The second-order valence-electron chi connectivity index (χ2n) is 5.05. The number of rotatable bonds is 7. The molecule has 0 radical (unpaired) electrons. The molecule has 12 nitrogen and oxygen atoms in total. The first kappa shape index (κ1) is 17.9. The van der Waals surface area contributed by atoms with Gasteiger partial charge >= 0.3 is 11.9 Å². The largest absolute Gasteiger partial charge is 0.456 e. The van der Waals surface area contributed by atoms with Gasteiger partial charge in [-0.1, -0.05) is 0 Å². The average Bonchev–Trinajstić information content (AvgIpc) is 3.07. The molecular weight excluding hydrogens is 332 g/mol. The van der Waals surface area contributed by atoms with Crippen molar-refractivity contribution >= 4 is 17.8 Å². The monoisotopic (exact) mass is 348 g/mol. The molecule has 2 rings (SSSR count). The van der Waals surface area contributed by atoms with Crippen molar-refractivity contribution in [2.75, 3.05) is 26.4 Å². The smallest absolute Gasteiger partial charge is 0.325 e. The Kier molecular flexibility index (Phi) is 5.87. The van der Waals surface area contributed by atoms with Gasteiger partial charge in [0.15, 0.2) is 18.8 Å². The van der Waals surface area contributed by atoms with Crippen LogP contribution in [0.5, 0.6) is 0 Å². The SMILES string of the molecule is CC(=O)OCC(=O)NCC(=O)O[C@H]1CO[C@@H]2C(O[N+](=O)[O-])CO[C@H]12. The lowest BCUT2D eigenvalue weighted by atomic mass is 10.1. The number of nitrogens with one attached hydrogen (secondary N) is 1. The lowest BCUT2D eigenvalue weighted by Gasteiger charge is -2.16. The van der Waals surface area contributed by atoms with Crippen LogP contribution in [-0.4, -0.2) is 73.7 Å². The van der Waals surface area contributed by atoms with E-state index >= 15 is 0 Å². The molecule has 0 spiro atoms. The summed E-state index contributed by atoms with van der Waals surface area (Å²) in [7, 11) is 0. The van der Waals surface area contributed by atoms with Gasteiger partial charge in [0.2, 0.25) is 0 Å². The zero-order valence-electron chi connectivity index (χ0n) is 12.7. The molecule has 134 valence electrons. The van der Waals surface area contributed by atoms with Gasteiger partial charge in [0, 0.05) is 6.92 Å². The molecule has 2 heterocycles. The molecule has 1 amide bonds. The number of hydrogen-bond acceptors (Lipinski definition) is 10. The fourth-order valence-electron chi connectivity index (χ4n) is 2.33. The zero-order chi connectivity index (χ0) is 17.7. The molecule has 12 heteroatoms. The average molecular weight is 348 g/mol. The van der Waals surface area contributed by atoms with Gasteiger partial charge in [-0.3, -0.25) is 14.4 Å². The van der Waals surface area contributed by atoms with Gasteiger partial charge in [0.1, 0.15) is 18.8 Å². The second kappa shape index (κ2) is 7.88. The third kappa shape index (κ3) is 4.76. The zero-order valence-corrected chi connectivity index (χ0v) is 12.7. The number of amides is 1. The van der Waals surface area contributed by atoms with Gasteiger partial charge in [-0.25, -0.2) is 0 Å². The van der Waals surface area contributed by atoms with Crippen molar-refractivity contribution in [2.24, 2.45) is 0 Å². The van der Waals surface area contributed by atoms with Crippen LogP contribution in [0.4, 0.5) is 0 Å². The summed E-state index contributed by atoms with van der Waals surface area (Å²) in [5.41, 5.74) is 0. The Bertz CT molecular complexity index is 524. The summed E-state index contributed by atoms with van der Waals surface area (Å²) >= 11 is 0. The number of carbonyl (C=O) groups excluding carboxylic acids is 3. The van der Waals surface area contributed by atoms with Crippen LogP contribution in [0.3, 0.4) is 0 Å². The Labute approximate surface area is 135 Å². The lowest BCUT2D eigenvalue weighted by molar-refractivity contribution is -0.769. The van der Waals surface area contributed by atoms with Crippen LogP contribution in [0.25, 0.3) is 0 Å². The maximum absolute atomic E-state index is 11.7. The summed E-state index contributed by atoms with van der Waals surface area (Å²) < 4.78 is 20.2. The molecule has 1 N–H and O–H groups in total. The number of ether oxygens (including phenoxy) is 4. The Morgan fingerprint density at radius 3 is 2.46 bits per heavy atom. The highest BCUT2D eigenvalue weighted by atomic mass is 17.0. The predicted molar refractivity (Wildman–Crippen MR) is 70.9 cm³/mol. The van der Waals surface area contributed by atoms with E-state index in [2.05, 4.69) is 14.9 Å². The van der Waals surface area contributed by atoms with E-state index in [0.717, 1.165) is 6.92 Å². The first-order valence-electron chi connectivity index (χ1n) is 7.00. The fourth-order valence-corrected chi connectivity index (χ4v) is 2.33. The maximum atomic E-state index is 11.7. The van der Waals surface area contributed by atoms with Gasteiger partial charge in [0.25, 0.3) is 11.0 Å². The Morgan fingerprint density at radius 1 is 1.21 bits per heavy atom. The van der Waals surface area contributed by atoms with Crippen molar-refractivity contribution in [3.05, 3.63) is 10.1 Å². The third-order valence-electron chi connectivity index (χ3n) is 3.30. The normalized spacial score (nSPS) is 27.9. The van der Waals surface area contributed by atoms with Gasteiger partial charge in [-0.05, 0) is 0 Å². The van der Waals surface area contributed by atoms with Crippen molar-refractivity contribution in [2.45, 2.75) is 31.3 Å². The number of esters is 2. The van der Waals surface area contributed by atoms with Crippen LogP contribution < -0.4 is 5.32 Å². The number of nitrogens with zero attached hydrogens (tertiary/aromatic N) is 1. The molecular formula is C12H16N2O10. The molecule has 4 atom stereocenters. The van der Waals surface area contributed by atoms with Crippen LogP contribution >= 0.6 is 0 Å². The third-order valence-corrected chi connectivity index (χ3v) is 3.30. The highest BCUT2D eigenvalue weighted by molar-refractivity contribution is 5.84. The molecule has 2 aliphatic heterocycles. The minimum absolute atomic E-state index is 0.0000414. The molecule has 2 aliphatic rings. The maximum Gasteiger partial charge on any atom is 0.325 e. The lowest BCUT2D eigenvalue weighted by Crippen LogP contribution is -2.39. The minimum Gasteiger partial charge on any atom is -0.456 e. The number of carbonyl (C=O) groups is 3. The minimum atomic E-state index is -0.933. The molecule has 0 aromatic carbocycles. The molecule has 0 aromatic heterocycles. The van der Waals surface area contributed by atoms with Crippen LogP contribution in [0.2, 0.25) is 0 Å². The van der Waals surface area contributed by atoms with Gasteiger partial charge in [0.05, 0.1) is 13.2 Å². The molecule has 0 saturated carbocycles. The quantitative estimate of drug-likeness (QED) is 0.309. The first-order valence-corrected chi connectivity index (χ1v) is 7.00. The molecule has 2 fully saturated rings. The number of hydrogen-bond donors (Lipinski definition) is 1. The van der Waals surface area contributed by atoms with Gasteiger partial charge in [-0.15, -0.1) is 10.1 Å². The van der Waals surface area contributed by atoms with E-state index < -0.39 is 60.5 Å². The molecule has 2 saturated heterocycles. The van der Waals surface area contributed by atoms with E-state index in [0.29, 0.717) is 0 Å². The summed E-state index contributed by atoms with van der Waals surface area (Å²) in [6, 6.07) is 0. The molecule has 0 bridgehead atoms. The first-order chi connectivity index (χ1) is 11.4. The molecule has 1 unspecified atom stereocenters. The molecule has 0 aromatic rings. The van der Waals surface area contributed by atoms with E-state index in [1.54, 1.807) is 0 Å². The highest BCUT2D eigenvalue weighted by Gasteiger charge is 2.51. The molecule has 0 aliphatic carbocycles. The summed E-state index contributed by atoms with van der Waals surface area (Å²) in [6.07, 6.45) is -3.01. The van der Waals surface area contributed by atoms with E-state index in [1.165, 1.54) is 0 Å². The van der Waals surface area contributed by atoms with Crippen LogP contribution in [-0.2, 0) is 38.2 Å². The fraction of sp³-hybridized carbons (Fsp3) is 0.750. The Morgan fingerprint density at radius 2 is 1.83 bits per heavy atom. The van der Waals surface area contributed by atoms with Crippen molar-refractivity contribution < 1.29 is 43.3 Å². The van der Waals surface area contributed by atoms with Crippen molar-refractivity contribution in [1.29, 1.82) is 0 Å². The van der Waals surface area contributed by atoms with Crippen molar-refractivity contribution in [3.8, 4) is 0 Å². The van der Waals surface area contributed by atoms with E-state index in [1.807, 2.05) is 0 Å². The topological polar surface area (TPSA) is 153 Å². The van der Waals surface area contributed by atoms with Gasteiger partial charge in [-0.2, -0.15) is 0 Å².